The number of carboxylic acids is 1. The highest BCUT2D eigenvalue weighted by Crippen LogP contribution is 2.03. The fraction of sp³-hybridized carbons (Fsp3) is 0.500. The van der Waals surface area contributed by atoms with Crippen molar-refractivity contribution >= 4 is 22.7 Å². The topological polar surface area (TPSA) is 110 Å². The van der Waals surface area contributed by atoms with Gasteiger partial charge in [0.2, 0.25) is 5.76 Å². The van der Waals surface area contributed by atoms with E-state index < -0.39 is 22.7 Å². The molecule has 7 nitrogen and oxygen atoms in total. The first-order chi connectivity index (χ1) is 8.41. The molecule has 0 aromatic carbocycles. The molecule has 1 aromatic rings. The summed E-state index contributed by atoms with van der Waals surface area (Å²) in [7, 11) is -0.935. The maximum Gasteiger partial charge on any atom is 0.374 e. The SMILES string of the molecule is CC(CCNC(=O)c1cc(C(=O)O)on1)S(C)=O. The number of carbonyl (C=O) groups is 2. The molecule has 1 heterocycles. The van der Waals surface area contributed by atoms with Gasteiger partial charge in [0.1, 0.15) is 0 Å². The molecule has 0 fully saturated rings. The maximum atomic E-state index is 11.5. The van der Waals surface area contributed by atoms with Crippen LogP contribution in [-0.4, -0.2) is 44.4 Å². The lowest BCUT2D eigenvalue weighted by Gasteiger charge is -2.07. The summed E-state index contributed by atoms with van der Waals surface area (Å²) in [4.78, 5) is 22.0. The van der Waals surface area contributed by atoms with Crippen LogP contribution < -0.4 is 5.32 Å². The molecule has 1 rings (SSSR count). The van der Waals surface area contributed by atoms with E-state index in [9.17, 15) is 13.8 Å². The fourth-order valence-corrected chi connectivity index (χ4v) is 1.58. The Bertz CT molecular complexity index is 471. The van der Waals surface area contributed by atoms with Crippen LogP contribution in [-0.2, 0) is 10.8 Å². The van der Waals surface area contributed by atoms with E-state index in [0.29, 0.717) is 13.0 Å². The zero-order chi connectivity index (χ0) is 13.7. The van der Waals surface area contributed by atoms with Crippen LogP contribution in [0.15, 0.2) is 10.6 Å². The van der Waals surface area contributed by atoms with Crippen LogP contribution in [0.5, 0.6) is 0 Å². The van der Waals surface area contributed by atoms with Crippen LogP contribution in [0.3, 0.4) is 0 Å². The Morgan fingerprint density at radius 3 is 2.78 bits per heavy atom. The van der Waals surface area contributed by atoms with E-state index in [-0.39, 0.29) is 16.7 Å². The van der Waals surface area contributed by atoms with E-state index in [4.69, 9.17) is 5.11 Å². The van der Waals surface area contributed by atoms with E-state index >= 15 is 0 Å². The molecule has 100 valence electrons. The molecule has 8 heteroatoms. The molecule has 18 heavy (non-hydrogen) atoms. The largest absolute Gasteiger partial charge is 0.475 e. The number of hydrogen-bond acceptors (Lipinski definition) is 5. The van der Waals surface area contributed by atoms with Gasteiger partial charge in [0.15, 0.2) is 5.69 Å². The highest BCUT2D eigenvalue weighted by molar-refractivity contribution is 7.84. The van der Waals surface area contributed by atoms with Gasteiger partial charge in [-0.05, 0) is 6.42 Å². The predicted octanol–water partition coefficient (Wildman–Crippen LogP) is 0.260. The minimum Gasteiger partial charge on any atom is -0.475 e. The summed E-state index contributed by atoms with van der Waals surface area (Å²) in [5, 5.41) is 14.5. The van der Waals surface area contributed by atoms with E-state index in [1.165, 1.54) is 0 Å². The third-order valence-electron chi connectivity index (χ3n) is 2.36. The summed E-state index contributed by atoms with van der Waals surface area (Å²) in [6.07, 6.45) is 2.17. The smallest absolute Gasteiger partial charge is 0.374 e. The second kappa shape index (κ2) is 6.29. The first kappa shape index (κ1) is 14.4. The summed E-state index contributed by atoms with van der Waals surface area (Å²) in [6, 6.07) is 1.05. The van der Waals surface area contributed by atoms with Crippen LogP contribution in [0.2, 0.25) is 0 Å². The van der Waals surface area contributed by atoms with Gasteiger partial charge >= 0.3 is 5.97 Å². The van der Waals surface area contributed by atoms with Gasteiger partial charge in [0.05, 0.1) is 0 Å². The second-order valence-electron chi connectivity index (χ2n) is 3.74. The minimum absolute atomic E-state index is 0.0165. The van der Waals surface area contributed by atoms with Crippen molar-refractivity contribution in [2.75, 3.05) is 12.8 Å². The molecular formula is C10H14N2O5S. The number of carbonyl (C=O) groups excluding carboxylic acids is 1. The highest BCUT2D eigenvalue weighted by atomic mass is 32.2. The Balaban J connectivity index is 2.45. The maximum absolute atomic E-state index is 11.5. The molecule has 0 spiro atoms. The highest BCUT2D eigenvalue weighted by Gasteiger charge is 2.16. The molecule has 2 N–H and O–H groups in total. The standard InChI is InChI=1S/C10H14N2O5S/c1-6(18(2)16)3-4-11-9(13)7-5-8(10(14)15)17-12-7/h5-6H,3-4H2,1-2H3,(H,11,13)(H,14,15). The van der Waals surface area contributed by atoms with Crippen molar-refractivity contribution in [3.63, 3.8) is 0 Å². The van der Waals surface area contributed by atoms with Crippen molar-refractivity contribution in [3.05, 3.63) is 17.5 Å². The molecule has 0 aliphatic heterocycles. The number of amides is 1. The zero-order valence-electron chi connectivity index (χ0n) is 10.0. The average molecular weight is 274 g/mol. The van der Waals surface area contributed by atoms with Gasteiger partial charge in [-0.3, -0.25) is 9.00 Å². The number of aromatic nitrogens is 1. The van der Waals surface area contributed by atoms with Crippen molar-refractivity contribution in [1.82, 2.24) is 10.5 Å². The van der Waals surface area contributed by atoms with Crippen molar-refractivity contribution in [2.45, 2.75) is 18.6 Å². The van der Waals surface area contributed by atoms with Crippen molar-refractivity contribution < 1.29 is 23.4 Å². The van der Waals surface area contributed by atoms with Crippen molar-refractivity contribution in [2.24, 2.45) is 0 Å². The molecule has 0 saturated carbocycles. The van der Waals surface area contributed by atoms with E-state index in [1.54, 1.807) is 6.26 Å². The fourth-order valence-electron chi connectivity index (χ4n) is 1.13. The molecular weight excluding hydrogens is 260 g/mol. The number of hydrogen-bond donors (Lipinski definition) is 2. The molecule has 0 radical (unpaired) electrons. The van der Waals surface area contributed by atoms with Crippen molar-refractivity contribution in [1.29, 1.82) is 0 Å². The average Bonchev–Trinajstić information content (AvgIpc) is 2.77. The van der Waals surface area contributed by atoms with Gasteiger partial charge in [0, 0.05) is 34.9 Å². The van der Waals surface area contributed by atoms with Gasteiger partial charge < -0.3 is 14.9 Å². The van der Waals surface area contributed by atoms with Crippen molar-refractivity contribution in [3.8, 4) is 0 Å². The van der Waals surface area contributed by atoms with Crippen LogP contribution in [0.4, 0.5) is 0 Å². The Labute approximate surface area is 106 Å². The molecule has 0 saturated heterocycles. The number of nitrogens with zero attached hydrogens (tertiary/aromatic N) is 1. The van der Waals surface area contributed by atoms with Crippen LogP contribution in [0.25, 0.3) is 0 Å². The number of carboxylic acid groups (broad SMARTS) is 1. The van der Waals surface area contributed by atoms with E-state index in [0.717, 1.165) is 6.07 Å². The first-order valence-corrected chi connectivity index (χ1v) is 6.84. The number of nitrogens with one attached hydrogen (secondary N) is 1. The third-order valence-corrected chi connectivity index (χ3v) is 3.73. The molecule has 2 atom stereocenters. The van der Waals surface area contributed by atoms with E-state index in [2.05, 4.69) is 15.0 Å². The lowest BCUT2D eigenvalue weighted by atomic mass is 10.3. The Morgan fingerprint density at radius 1 is 1.61 bits per heavy atom. The van der Waals surface area contributed by atoms with Crippen LogP contribution in [0.1, 0.15) is 34.4 Å². The van der Waals surface area contributed by atoms with Gasteiger partial charge in [-0.2, -0.15) is 0 Å². The van der Waals surface area contributed by atoms with Gasteiger partial charge in [-0.25, -0.2) is 4.79 Å². The lowest BCUT2D eigenvalue weighted by Crippen LogP contribution is -2.27. The Hall–Kier alpha value is -1.70. The number of rotatable bonds is 6. The first-order valence-electron chi connectivity index (χ1n) is 5.22. The quantitative estimate of drug-likeness (QED) is 0.770. The summed E-state index contributed by atoms with van der Waals surface area (Å²) < 4.78 is 15.5. The number of aromatic carboxylic acids is 1. The zero-order valence-corrected chi connectivity index (χ0v) is 10.8. The minimum atomic E-state index is -1.28. The second-order valence-corrected chi connectivity index (χ2v) is 5.54. The molecule has 0 bridgehead atoms. The monoisotopic (exact) mass is 274 g/mol. The molecule has 0 aliphatic rings. The molecule has 0 aliphatic carbocycles. The summed E-state index contributed by atoms with van der Waals surface area (Å²) in [5.74, 6) is -2.18. The third kappa shape index (κ3) is 3.95. The summed E-state index contributed by atoms with van der Waals surface area (Å²) in [5.41, 5.74) is -0.0855. The normalized spacial score (nSPS) is 13.9. The molecule has 1 amide bonds. The van der Waals surface area contributed by atoms with Gasteiger partial charge in [0.25, 0.3) is 5.91 Å². The Kier molecular flexibility index (Phi) is 5.02. The van der Waals surface area contributed by atoms with Crippen LogP contribution in [0, 0.1) is 0 Å². The molecule has 2 unspecified atom stereocenters. The summed E-state index contributed by atoms with van der Waals surface area (Å²) in [6.45, 7) is 2.16. The van der Waals surface area contributed by atoms with Gasteiger partial charge in [-0.15, -0.1) is 0 Å². The lowest BCUT2D eigenvalue weighted by molar-refractivity contribution is 0.0651. The Morgan fingerprint density at radius 2 is 2.28 bits per heavy atom. The molecule has 1 aromatic heterocycles. The van der Waals surface area contributed by atoms with E-state index in [1.807, 2.05) is 6.92 Å². The predicted molar refractivity (Wildman–Crippen MR) is 63.9 cm³/mol. The van der Waals surface area contributed by atoms with Crippen LogP contribution >= 0.6 is 0 Å². The summed E-state index contributed by atoms with van der Waals surface area (Å²) >= 11 is 0. The van der Waals surface area contributed by atoms with Gasteiger partial charge in [-0.1, -0.05) is 12.1 Å².